The summed E-state index contributed by atoms with van der Waals surface area (Å²) in [6.45, 7) is 3.90. The minimum atomic E-state index is -0.213. The Balaban J connectivity index is 1.79. The van der Waals surface area contributed by atoms with E-state index in [1.165, 1.54) is 0 Å². The van der Waals surface area contributed by atoms with Crippen molar-refractivity contribution in [3.63, 3.8) is 0 Å². The van der Waals surface area contributed by atoms with E-state index in [-0.39, 0.29) is 5.91 Å². The van der Waals surface area contributed by atoms with Gasteiger partial charge in [-0.05, 0) is 55.8 Å². The minimum absolute atomic E-state index is 0.213. The number of rotatable bonds is 3. The molecule has 4 heterocycles. The van der Waals surface area contributed by atoms with Crippen molar-refractivity contribution in [3.8, 4) is 11.3 Å². The molecular formula is C20H17N5O. The molecule has 0 aliphatic heterocycles. The maximum atomic E-state index is 12.8. The number of aryl methyl sites for hydroxylation is 2. The number of amides is 1. The van der Waals surface area contributed by atoms with Crippen molar-refractivity contribution in [2.75, 3.05) is 5.32 Å². The van der Waals surface area contributed by atoms with E-state index in [0.717, 1.165) is 28.0 Å². The molecule has 128 valence electrons. The number of aromatic nitrogens is 4. The summed E-state index contributed by atoms with van der Waals surface area (Å²) in [6, 6.07) is 13.0. The zero-order chi connectivity index (χ0) is 18.1. The first kappa shape index (κ1) is 16.0. The van der Waals surface area contributed by atoms with Gasteiger partial charge in [0.2, 0.25) is 0 Å². The molecule has 4 aromatic heterocycles. The molecular weight excluding hydrogens is 326 g/mol. The van der Waals surface area contributed by atoms with Crippen LogP contribution in [-0.2, 0) is 0 Å². The number of carbonyl (C=O) groups excluding carboxylic acids is 1. The third-order valence-corrected chi connectivity index (χ3v) is 4.20. The molecule has 1 N–H and O–H groups in total. The molecule has 0 aliphatic carbocycles. The second kappa shape index (κ2) is 6.40. The molecule has 0 aromatic carbocycles. The van der Waals surface area contributed by atoms with Crippen LogP contribution in [0.15, 0.2) is 61.1 Å². The van der Waals surface area contributed by atoms with E-state index in [2.05, 4.69) is 20.4 Å². The molecule has 6 heteroatoms. The molecule has 26 heavy (non-hydrogen) atoms. The zero-order valence-electron chi connectivity index (χ0n) is 14.5. The maximum absolute atomic E-state index is 12.8. The molecule has 6 nitrogen and oxygen atoms in total. The van der Waals surface area contributed by atoms with Crippen molar-refractivity contribution in [3.05, 3.63) is 77.9 Å². The number of nitrogens with one attached hydrogen (secondary N) is 1. The largest absolute Gasteiger partial charge is 0.307 e. The van der Waals surface area contributed by atoms with Crippen LogP contribution in [0.25, 0.3) is 16.8 Å². The number of fused-ring (bicyclic) bond motifs is 1. The number of pyridine rings is 3. The quantitative estimate of drug-likeness (QED) is 0.616. The van der Waals surface area contributed by atoms with Gasteiger partial charge in [-0.15, -0.1) is 0 Å². The van der Waals surface area contributed by atoms with Gasteiger partial charge >= 0.3 is 0 Å². The molecule has 0 unspecified atom stereocenters. The van der Waals surface area contributed by atoms with Crippen LogP contribution in [0.4, 0.5) is 5.82 Å². The number of nitrogens with zero attached hydrogens (tertiary/aromatic N) is 4. The molecule has 0 aliphatic rings. The van der Waals surface area contributed by atoms with E-state index >= 15 is 0 Å². The third-order valence-electron chi connectivity index (χ3n) is 4.20. The summed E-state index contributed by atoms with van der Waals surface area (Å²) >= 11 is 0. The highest BCUT2D eigenvalue weighted by Crippen LogP contribution is 2.25. The Kier molecular flexibility index (Phi) is 3.93. The van der Waals surface area contributed by atoms with Gasteiger partial charge < -0.3 is 5.32 Å². The van der Waals surface area contributed by atoms with Crippen molar-refractivity contribution >= 4 is 17.2 Å². The predicted octanol–water partition coefficient (Wildman–Crippen LogP) is 3.66. The standard InChI is InChI=1S/C20H17N5O/c1-13-6-8-21-12-17(13)18-11-15(10-16-7-9-22-25(16)18)20(26)24-19-5-3-4-14(2)23-19/h3-12H,1-2H3,(H,23,24,26). The Labute approximate surface area is 150 Å². The second-order valence-electron chi connectivity index (χ2n) is 6.11. The third kappa shape index (κ3) is 2.93. The molecule has 4 aromatic rings. The van der Waals surface area contributed by atoms with Crippen molar-refractivity contribution in [1.29, 1.82) is 0 Å². The fourth-order valence-corrected chi connectivity index (χ4v) is 2.89. The summed E-state index contributed by atoms with van der Waals surface area (Å²) in [6.07, 6.45) is 5.25. The monoisotopic (exact) mass is 343 g/mol. The fourth-order valence-electron chi connectivity index (χ4n) is 2.89. The van der Waals surface area contributed by atoms with Gasteiger partial charge in [0.25, 0.3) is 5.91 Å². The molecule has 4 rings (SSSR count). The van der Waals surface area contributed by atoms with Crippen LogP contribution in [-0.4, -0.2) is 25.5 Å². The summed E-state index contributed by atoms with van der Waals surface area (Å²) in [5.41, 5.74) is 5.05. The lowest BCUT2D eigenvalue weighted by Crippen LogP contribution is -2.14. The first-order valence-corrected chi connectivity index (χ1v) is 8.25. The van der Waals surface area contributed by atoms with E-state index in [4.69, 9.17) is 0 Å². The molecule has 0 atom stereocenters. The minimum Gasteiger partial charge on any atom is -0.307 e. The van der Waals surface area contributed by atoms with Crippen LogP contribution in [0, 0.1) is 13.8 Å². The van der Waals surface area contributed by atoms with Gasteiger partial charge in [0.1, 0.15) is 5.82 Å². The predicted molar refractivity (Wildman–Crippen MR) is 100 cm³/mol. The summed E-state index contributed by atoms with van der Waals surface area (Å²) in [7, 11) is 0. The summed E-state index contributed by atoms with van der Waals surface area (Å²) in [5, 5.41) is 7.23. The number of anilines is 1. The Morgan fingerprint density at radius 1 is 1.08 bits per heavy atom. The first-order chi connectivity index (χ1) is 12.6. The van der Waals surface area contributed by atoms with Gasteiger partial charge in [-0.2, -0.15) is 5.10 Å². The van der Waals surface area contributed by atoms with E-state index in [0.29, 0.717) is 11.4 Å². The van der Waals surface area contributed by atoms with Crippen molar-refractivity contribution in [1.82, 2.24) is 19.6 Å². The van der Waals surface area contributed by atoms with Crippen LogP contribution in [0.5, 0.6) is 0 Å². The SMILES string of the molecule is Cc1cccc(NC(=O)c2cc(-c3cnccc3C)n3nccc3c2)n1. The highest BCUT2D eigenvalue weighted by Gasteiger charge is 2.14. The van der Waals surface area contributed by atoms with Crippen LogP contribution in [0.2, 0.25) is 0 Å². The molecule has 0 bridgehead atoms. The van der Waals surface area contributed by atoms with E-state index in [9.17, 15) is 4.79 Å². The zero-order valence-corrected chi connectivity index (χ0v) is 14.5. The van der Waals surface area contributed by atoms with Gasteiger partial charge in [0.05, 0.1) is 17.4 Å². The van der Waals surface area contributed by atoms with Gasteiger partial charge in [0, 0.05) is 29.2 Å². The Morgan fingerprint density at radius 3 is 2.77 bits per heavy atom. The lowest BCUT2D eigenvalue weighted by atomic mass is 10.1. The summed E-state index contributed by atoms with van der Waals surface area (Å²) < 4.78 is 1.81. The van der Waals surface area contributed by atoms with Crippen LogP contribution in [0.1, 0.15) is 21.6 Å². The molecule has 0 fully saturated rings. The molecule has 0 saturated heterocycles. The van der Waals surface area contributed by atoms with Crippen LogP contribution >= 0.6 is 0 Å². The Hall–Kier alpha value is -3.54. The maximum Gasteiger partial charge on any atom is 0.256 e. The van der Waals surface area contributed by atoms with Crippen molar-refractivity contribution in [2.24, 2.45) is 0 Å². The normalized spacial score (nSPS) is 10.8. The lowest BCUT2D eigenvalue weighted by molar-refractivity contribution is 0.102. The average Bonchev–Trinajstić information content (AvgIpc) is 3.10. The van der Waals surface area contributed by atoms with Crippen molar-refractivity contribution < 1.29 is 4.79 Å². The molecule has 0 saturated carbocycles. The van der Waals surface area contributed by atoms with Gasteiger partial charge in [-0.3, -0.25) is 9.78 Å². The highest BCUT2D eigenvalue weighted by molar-refractivity contribution is 6.05. The highest BCUT2D eigenvalue weighted by atomic mass is 16.1. The fraction of sp³-hybridized carbons (Fsp3) is 0.100. The molecule has 0 radical (unpaired) electrons. The number of hydrogen-bond donors (Lipinski definition) is 1. The van der Waals surface area contributed by atoms with Crippen molar-refractivity contribution in [2.45, 2.75) is 13.8 Å². The molecule has 0 spiro atoms. The smallest absolute Gasteiger partial charge is 0.256 e. The second-order valence-corrected chi connectivity index (χ2v) is 6.11. The van der Waals surface area contributed by atoms with E-state index < -0.39 is 0 Å². The van der Waals surface area contributed by atoms with Crippen LogP contribution < -0.4 is 5.32 Å². The van der Waals surface area contributed by atoms with Gasteiger partial charge in [-0.1, -0.05) is 6.07 Å². The number of hydrogen-bond acceptors (Lipinski definition) is 4. The Morgan fingerprint density at radius 2 is 1.96 bits per heavy atom. The molecule has 1 amide bonds. The first-order valence-electron chi connectivity index (χ1n) is 8.25. The topological polar surface area (TPSA) is 72.2 Å². The Bertz CT molecular complexity index is 1120. The summed E-state index contributed by atoms with van der Waals surface area (Å²) in [4.78, 5) is 21.3. The van der Waals surface area contributed by atoms with Gasteiger partial charge in [-0.25, -0.2) is 9.50 Å². The average molecular weight is 343 g/mol. The van der Waals surface area contributed by atoms with E-state index in [1.807, 2.05) is 54.8 Å². The van der Waals surface area contributed by atoms with Gasteiger partial charge in [0.15, 0.2) is 0 Å². The lowest BCUT2D eigenvalue weighted by Gasteiger charge is -2.11. The van der Waals surface area contributed by atoms with E-state index in [1.54, 1.807) is 24.7 Å². The van der Waals surface area contributed by atoms with Crippen LogP contribution in [0.3, 0.4) is 0 Å². The number of carbonyl (C=O) groups is 1. The summed E-state index contributed by atoms with van der Waals surface area (Å²) in [5.74, 6) is 0.317.